The highest BCUT2D eigenvalue weighted by Crippen LogP contribution is 2.30. The van der Waals surface area contributed by atoms with E-state index in [-0.39, 0.29) is 5.69 Å². The Hall–Kier alpha value is -1.59. The lowest BCUT2D eigenvalue weighted by Crippen LogP contribution is -2.39. The third kappa shape index (κ3) is 3.35. The van der Waals surface area contributed by atoms with Crippen molar-refractivity contribution in [3.63, 3.8) is 0 Å². The molecule has 1 amide bonds. The van der Waals surface area contributed by atoms with Crippen LogP contribution in [0.5, 0.6) is 0 Å². The lowest BCUT2D eigenvalue weighted by atomic mass is 9.94. The first kappa shape index (κ1) is 16.3. The quantitative estimate of drug-likeness (QED) is 0.851. The first-order chi connectivity index (χ1) is 11.1. The van der Waals surface area contributed by atoms with E-state index in [1.807, 2.05) is 11.8 Å². The third-order valence-corrected chi connectivity index (χ3v) is 5.50. The molecule has 0 bridgehead atoms. The molecule has 1 aromatic heterocycles. The molecule has 1 aromatic rings. The molecule has 1 aliphatic heterocycles. The van der Waals surface area contributed by atoms with E-state index in [1.54, 1.807) is 11.6 Å². The summed E-state index contributed by atoms with van der Waals surface area (Å²) < 4.78 is 3.19. The van der Waals surface area contributed by atoms with Gasteiger partial charge in [0.05, 0.1) is 0 Å². The van der Waals surface area contributed by atoms with Gasteiger partial charge >= 0.3 is 5.69 Å². The summed E-state index contributed by atoms with van der Waals surface area (Å²) in [6, 6.07) is 0. The molecule has 0 spiro atoms. The van der Waals surface area contributed by atoms with Crippen LogP contribution in [0.3, 0.4) is 0 Å². The Kier molecular flexibility index (Phi) is 4.87. The van der Waals surface area contributed by atoms with Crippen LogP contribution in [0, 0.1) is 5.92 Å². The molecule has 0 radical (unpaired) electrons. The van der Waals surface area contributed by atoms with Crippen LogP contribution in [0.4, 0.5) is 0 Å². The molecule has 2 fully saturated rings. The van der Waals surface area contributed by atoms with Gasteiger partial charge in [-0.1, -0.05) is 12.8 Å². The van der Waals surface area contributed by atoms with Gasteiger partial charge in [-0.05, 0) is 38.5 Å². The number of hydrogen-bond donors (Lipinski definition) is 0. The minimum Gasteiger partial charge on any atom is -0.343 e. The molecule has 6 nitrogen and oxygen atoms in total. The number of rotatable bonds is 4. The molecule has 1 aliphatic carbocycles. The number of nitrogens with zero attached hydrogens (tertiary/aromatic N) is 4. The highest BCUT2D eigenvalue weighted by Gasteiger charge is 2.29. The Balaban J connectivity index is 1.59. The molecule has 0 N–H and O–H groups in total. The maximum absolute atomic E-state index is 12.4. The zero-order valence-electron chi connectivity index (χ0n) is 14.3. The standard InChI is InChI=1S/C17H28N4O2/c1-3-21-16(18-19(2)17(21)23)14-8-10-20(11-9-14)15(22)12-13-6-4-5-7-13/h13-14H,3-12H2,1-2H3. The van der Waals surface area contributed by atoms with Gasteiger partial charge in [-0.25, -0.2) is 9.48 Å². The predicted molar refractivity (Wildman–Crippen MR) is 88.3 cm³/mol. The normalized spacial score (nSPS) is 20.3. The summed E-state index contributed by atoms with van der Waals surface area (Å²) in [5.41, 5.74) is -0.0396. The maximum Gasteiger partial charge on any atom is 0.345 e. The molecule has 6 heteroatoms. The number of carbonyl (C=O) groups excluding carboxylic acids is 1. The fraction of sp³-hybridized carbons (Fsp3) is 0.824. The van der Waals surface area contributed by atoms with Gasteiger partial charge in [0.15, 0.2) is 0 Å². The Bertz CT molecular complexity index is 605. The average Bonchev–Trinajstić information content (AvgIpc) is 3.16. The maximum atomic E-state index is 12.4. The highest BCUT2D eigenvalue weighted by molar-refractivity contribution is 5.76. The fourth-order valence-electron chi connectivity index (χ4n) is 4.10. The highest BCUT2D eigenvalue weighted by atomic mass is 16.2. The lowest BCUT2D eigenvalue weighted by Gasteiger charge is -2.32. The minimum absolute atomic E-state index is 0.0396. The van der Waals surface area contributed by atoms with Crippen molar-refractivity contribution in [2.45, 2.75) is 64.3 Å². The van der Waals surface area contributed by atoms with Gasteiger partial charge in [-0.3, -0.25) is 9.36 Å². The SMILES string of the molecule is CCn1c(C2CCN(C(=O)CC3CCCC3)CC2)nn(C)c1=O. The van der Waals surface area contributed by atoms with Gasteiger partial charge in [0.25, 0.3) is 0 Å². The summed E-state index contributed by atoms with van der Waals surface area (Å²) >= 11 is 0. The zero-order chi connectivity index (χ0) is 16.4. The van der Waals surface area contributed by atoms with Gasteiger partial charge in [-0.2, -0.15) is 5.10 Å². The van der Waals surface area contributed by atoms with Crippen molar-refractivity contribution < 1.29 is 4.79 Å². The molecule has 128 valence electrons. The van der Waals surface area contributed by atoms with E-state index in [0.29, 0.717) is 24.3 Å². The molecule has 2 heterocycles. The molecular weight excluding hydrogens is 292 g/mol. The summed E-state index contributed by atoms with van der Waals surface area (Å²) in [6.07, 6.45) is 7.56. The molecule has 0 aromatic carbocycles. The fourth-order valence-corrected chi connectivity index (χ4v) is 4.10. The Morgan fingerprint density at radius 3 is 2.43 bits per heavy atom. The van der Waals surface area contributed by atoms with E-state index in [0.717, 1.165) is 38.2 Å². The van der Waals surface area contributed by atoms with Crippen LogP contribution in [-0.2, 0) is 18.4 Å². The van der Waals surface area contributed by atoms with Gasteiger partial charge in [0.1, 0.15) is 5.82 Å². The van der Waals surface area contributed by atoms with E-state index in [9.17, 15) is 9.59 Å². The van der Waals surface area contributed by atoms with Crippen molar-refractivity contribution in [3.8, 4) is 0 Å². The van der Waals surface area contributed by atoms with Crippen LogP contribution in [0.15, 0.2) is 4.79 Å². The van der Waals surface area contributed by atoms with E-state index in [1.165, 1.54) is 30.4 Å². The third-order valence-electron chi connectivity index (χ3n) is 5.50. The number of piperidine rings is 1. The molecule has 0 unspecified atom stereocenters. The topological polar surface area (TPSA) is 60.1 Å². The van der Waals surface area contributed by atoms with Crippen molar-refractivity contribution in [3.05, 3.63) is 16.3 Å². The first-order valence-corrected chi connectivity index (χ1v) is 9.01. The average molecular weight is 320 g/mol. The molecule has 1 saturated heterocycles. The summed E-state index contributed by atoms with van der Waals surface area (Å²) in [5, 5.41) is 4.42. The van der Waals surface area contributed by atoms with Crippen LogP contribution in [0.2, 0.25) is 0 Å². The molecule has 2 aliphatic rings. The van der Waals surface area contributed by atoms with E-state index in [2.05, 4.69) is 5.10 Å². The van der Waals surface area contributed by atoms with Crippen molar-refractivity contribution in [1.29, 1.82) is 0 Å². The Morgan fingerprint density at radius 1 is 1.17 bits per heavy atom. The summed E-state index contributed by atoms with van der Waals surface area (Å²) in [4.78, 5) is 26.5. The van der Waals surface area contributed by atoms with Crippen molar-refractivity contribution >= 4 is 5.91 Å². The number of aryl methyl sites for hydroxylation is 1. The second kappa shape index (κ2) is 6.89. The number of likely N-dealkylation sites (tertiary alicyclic amines) is 1. The molecule has 23 heavy (non-hydrogen) atoms. The van der Waals surface area contributed by atoms with Crippen LogP contribution in [0.1, 0.15) is 63.6 Å². The summed E-state index contributed by atoms with van der Waals surface area (Å²) in [7, 11) is 1.71. The minimum atomic E-state index is -0.0396. The van der Waals surface area contributed by atoms with Gasteiger partial charge in [-0.15, -0.1) is 0 Å². The van der Waals surface area contributed by atoms with Crippen LogP contribution in [-0.4, -0.2) is 38.2 Å². The number of aromatic nitrogens is 3. The van der Waals surface area contributed by atoms with Gasteiger partial charge in [0.2, 0.25) is 5.91 Å². The number of carbonyl (C=O) groups is 1. The van der Waals surface area contributed by atoms with Gasteiger partial charge < -0.3 is 4.90 Å². The van der Waals surface area contributed by atoms with Gasteiger partial charge in [0, 0.05) is 39.0 Å². The Labute approximate surface area is 137 Å². The van der Waals surface area contributed by atoms with Crippen molar-refractivity contribution in [1.82, 2.24) is 19.2 Å². The van der Waals surface area contributed by atoms with Crippen LogP contribution < -0.4 is 5.69 Å². The number of amides is 1. The molecule has 1 saturated carbocycles. The van der Waals surface area contributed by atoms with E-state index >= 15 is 0 Å². The predicted octanol–water partition coefficient (Wildman–Crippen LogP) is 1.89. The van der Waals surface area contributed by atoms with Crippen LogP contribution in [0.25, 0.3) is 0 Å². The van der Waals surface area contributed by atoms with Crippen LogP contribution >= 0.6 is 0 Å². The number of hydrogen-bond acceptors (Lipinski definition) is 3. The summed E-state index contributed by atoms with van der Waals surface area (Å²) in [5.74, 6) is 2.12. The van der Waals surface area contributed by atoms with E-state index < -0.39 is 0 Å². The zero-order valence-corrected chi connectivity index (χ0v) is 14.3. The smallest absolute Gasteiger partial charge is 0.343 e. The van der Waals surface area contributed by atoms with Crippen molar-refractivity contribution in [2.24, 2.45) is 13.0 Å². The lowest BCUT2D eigenvalue weighted by molar-refractivity contribution is -0.133. The van der Waals surface area contributed by atoms with E-state index in [4.69, 9.17) is 0 Å². The second-order valence-corrected chi connectivity index (χ2v) is 7.02. The summed E-state index contributed by atoms with van der Waals surface area (Å²) in [6.45, 7) is 4.23. The van der Waals surface area contributed by atoms with Crippen molar-refractivity contribution in [2.75, 3.05) is 13.1 Å². The largest absolute Gasteiger partial charge is 0.345 e. The molecular formula is C17H28N4O2. The molecule has 0 atom stereocenters. The Morgan fingerprint density at radius 2 is 1.83 bits per heavy atom. The molecule has 3 rings (SSSR count). The second-order valence-electron chi connectivity index (χ2n) is 7.02. The first-order valence-electron chi connectivity index (χ1n) is 9.01. The monoisotopic (exact) mass is 320 g/mol.